The Balaban J connectivity index is 3.02. The van der Waals surface area contributed by atoms with Crippen molar-refractivity contribution in [2.24, 2.45) is 11.7 Å². The van der Waals surface area contributed by atoms with E-state index in [4.69, 9.17) is 10.8 Å². The first-order valence-corrected chi connectivity index (χ1v) is 11.2. The molecule has 0 saturated carbocycles. The van der Waals surface area contributed by atoms with Crippen molar-refractivity contribution in [2.45, 2.75) is 70.3 Å². The molecule has 0 aliphatic carbocycles. The molecular formula is C23H34N4O8. The van der Waals surface area contributed by atoms with Crippen LogP contribution in [0.4, 0.5) is 0 Å². The highest BCUT2D eigenvalue weighted by molar-refractivity contribution is 5.94. The van der Waals surface area contributed by atoms with E-state index in [9.17, 15) is 34.2 Å². The van der Waals surface area contributed by atoms with Crippen LogP contribution in [0.25, 0.3) is 0 Å². The Morgan fingerprint density at radius 2 is 1.43 bits per heavy atom. The number of rotatable bonds is 14. The summed E-state index contributed by atoms with van der Waals surface area (Å²) in [7, 11) is 0. The second kappa shape index (κ2) is 14.0. The van der Waals surface area contributed by atoms with Gasteiger partial charge in [-0.25, -0.2) is 4.79 Å². The molecule has 1 aromatic rings. The molecule has 0 bridgehead atoms. The van der Waals surface area contributed by atoms with Gasteiger partial charge in [0.15, 0.2) is 0 Å². The Bertz CT molecular complexity index is 891. The van der Waals surface area contributed by atoms with Gasteiger partial charge in [-0.2, -0.15) is 0 Å². The number of aliphatic carboxylic acids is 2. The van der Waals surface area contributed by atoms with Crippen LogP contribution in [-0.2, 0) is 30.4 Å². The number of hydrogen-bond acceptors (Lipinski definition) is 7. The summed E-state index contributed by atoms with van der Waals surface area (Å²) in [5, 5.41) is 35.3. The van der Waals surface area contributed by atoms with E-state index < -0.39 is 72.3 Å². The third-order valence-corrected chi connectivity index (χ3v) is 5.25. The summed E-state index contributed by atoms with van der Waals surface area (Å²) in [5.41, 5.74) is 6.26. The molecule has 0 saturated heterocycles. The summed E-state index contributed by atoms with van der Waals surface area (Å²) in [6, 6.07) is 3.45. The first-order valence-electron chi connectivity index (χ1n) is 11.2. The fraction of sp³-hybridized carbons (Fsp3) is 0.522. The molecule has 0 aliphatic rings. The standard InChI is InChI=1S/C23H34N4O8/c1-12(2)19(27-21(32)18(24)13(3)28)22(33)25-15(9-10-17(29)30)20(31)26-16(23(34)35)11-14-7-5-4-6-8-14/h4-8,12-13,15-16,18-19,28H,9-11,24H2,1-3H3,(H,25,33)(H,26,31)(H,27,32)(H,29,30)(H,34,35)/t13-,15+,16+,18+,19+/m1/s1. The highest BCUT2D eigenvalue weighted by Crippen LogP contribution is 2.08. The Kier molecular flexibility index (Phi) is 11.8. The fourth-order valence-corrected chi connectivity index (χ4v) is 3.12. The molecule has 0 unspecified atom stereocenters. The van der Waals surface area contributed by atoms with Crippen LogP contribution in [0.3, 0.4) is 0 Å². The number of carbonyl (C=O) groups is 5. The molecule has 0 radical (unpaired) electrons. The first kappa shape index (κ1) is 29.5. The van der Waals surface area contributed by atoms with Crippen LogP contribution in [-0.4, -0.2) is 75.3 Å². The number of carboxylic acids is 2. The summed E-state index contributed by atoms with van der Waals surface area (Å²) >= 11 is 0. The Labute approximate surface area is 203 Å². The number of nitrogens with one attached hydrogen (secondary N) is 3. The first-order chi connectivity index (χ1) is 16.3. The molecule has 8 N–H and O–H groups in total. The van der Waals surface area contributed by atoms with E-state index >= 15 is 0 Å². The molecule has 1 aromatic carbocycles. The number of carboxylic acid groups (broad SMARTS) is 2. The average Bonchev–Trinajstić information content (AvgIpc) is 2.78. The van der Waals surface area contributed by atoms with Gasteiger partial charge in [0.2, 0.25) is 17.7 Å². The number of carbonyl (C=O) groups excluding carboxylic acids is 3. The lowest BCUT2D eigenvalue weighted by Crippen LogP contribution is -2.59. The third-order valence-electron chi connectivity index (χ3n) is 5.25. The Morgan fingerprint density at radius 3 is 1.91 bits per heavy atom. The van der Waals surface area contributed by atoms with Gasteiger partial charge >= 0.3 is 11.9 Å². The molecule has 35 heavy (non-hydrogen) atoms. The van der Waals surface area contributed by atoms with Crippen LogP contribution >= 0.6 is 0 Å². The summed E-state index contributed by atoms with van der Waals surface area (Å²) in [6.45, 7) is 4.57. The number of nitrogens with two attached hydrogens (primary N) is 1. The van der Waals surface area contributed by atoms with Gasteiger partial charge in [0.25, 0.3) is 0 Å². The number of benzene rings is 1. The minimum Gasteiger partial charge on any atom is -0.481 e. The number of aliphatic hydroxyl groups is 1. The predicted octanol–water partition coefficient (Wildman–Crippen LogP) is -1.00. The van der Waals surface area contributed by atoms with E-state index in [0.29, 0.717) is 5.56 Å². The van der Waals surface area contributed by atoms with Crippen LogP contribution < -0.4 is 21.7 Å². The van der Waals surface area contributed by atoms with Gasteiger partial charge < -0.3 is 37.0 Å². The second-order valence-electron chi connectivity index (χ2n) is 8.58. The van der Waals surface area contributed by atoms with E-state index in [0.717, 1.165) is 0 Å². The van der Waals surface area contributed by atoms with Crippen molar-refractivity contribution < 1.29 is 39.3 Å². The van der Waals surface area contributed by atoms with Gasteiger partial charge in [-0.15, -0.1) is 0 Å². The minimum absolute atomic E-state index is 0.0244. The van der Waals surface area contributed by atoms with Gasteiger partial charge in [0.1, 0.15) is 24.2 Å². The van der Waals surface area contributed by atoms with Gasteiger partial charge in [0, 0.05) is 12.8 Å². The topological polar surface area (TPSA) is 208 Å². The van der Waals surface area contributed by atoms with Gasteiger partial charge in [-0.1, -0.05) is 44.2 Å². The molecule has 12 nitrogen and oxygen atoms in total. The second-order valence-corrected chi connectivity index (χ2v) is 8.58. The lowest BCUT2D eigenvalue weighted by Gasteiger charge is -2.27. The van der Waals surface area contributed by atoms with Crippen molar-refractivity contribution in [1.82, 2.24) is 16.0 Å². The van der Waals surface area contributed by atoms with Crippen LogP contribution in [0.1, 0.15) is 39.2 Å². The molecule has 194 valence electrons. The smallest absolute Gasteiger partial charge is 0.326 e. The largest absolute Gasteiger partial charge is 0.481 e. The van der Waals surface area contributed by atoms with Crippen LogP contribution in [0.15, 0.2) is 30.3 Å². The minimum atomic E-state index is -1.38. The van der Waals surface area contributed by atoms with Gasteiger partial charge in [0.05, 0.1) is 6.10 Å². The third kappa shape index (κ3) is 10.1. The fourth-order valence-electron chi connectivity index (χ4n) is 3.12. The maximum Gasteiger partial charge on any atom is 0.326 e. The van der Waals surface area contributed by atoms with Gasteiger partial charge in [-0.05, 0) is 24.8 Å². The van der Waals surface area contributed by atoms with Gasteiger partial charge in [-0.3, -0.25) is 19.2 Å². The number of hydrogen-bond donors (Lipinski definition) is 7. The molecule has 0 aliphatic heterocycles. The number of amides is 3. The molecule has 0 fully saturated rings. The van der Waals surface area contributed by atoms with Crippen molar-refractivity contribution in [3.63, 3.8) is 0 Å². The molecule has 12 heteroatoms. The summed E-state index contributed by atoms with van der Waals surface area (Å²) < 4.78 is 0. The molecule has 1 rings (SSSR count). The molecule has 0 aromatic heterocycles. The highest BCUT2D eigenvalue weighted by Gasteiger charge is 2.32. The van der Waals surface area contributed by atoms with E-state index in [1.165, 1.54) is 6.92 Å². The van der Waals surface area contributed by atoms with Crippen LogP contribution in [0.5, 0.6) is 0 Å². The monoisotopic (exact) mass is 494 g/mol. The molecule has 3 amide bonds. The van der Waals surface area contributed by atoms with Crippen molar-refractivity contribution >= 4 is 29.7 Å². The normalized spacial score (nSPS) is 15.3. The quantitative estimate of drug-likeness (QED) is 0.169. The Morgan fingerprint density at radius 1 is 0.857 bits per heavy atom. The summed E-state index contributed by atoms with van der Waals surface area (Å²) in [5.74, 6) is -5.41. The Hall–Kier alpha value is -3.51. The van der Waals surface area contributed by atoms with E-state index in [1.807, 2.05) is 0 Å². The zero-order chi connectivity index (χ0) is 26.7. The maximum absolute atomic E-state index is 12.9. The van der Waals surface area contributed by atoms with E-state index in [-0.39, 0.29) is 12.8 Å². The van der Waals surface area contributed by atoms with Crippen molar-refractivity contribution in [1.29, 1.82) is 0 Å². The summed E-state index contributed by atoms with van der Waals surface area (Å²) in [4.78, 5) is 60.8. The summed E-state index contributed by atoms with van der Waals surface area (Å²) in [6.07, 6.45) is -1.97. The molecule has 0 heterocycles. The molecule has 0 spiro atoms. The predicted molar refractivity (Wildman–Crippen MR) is 125 cm³/mol. The lowest BCUT2D eigenvalue weighted by atomic mass is 10.0. The molecular weight excluding hydrogens is 460 g/mol. The lowest BCUT2D eigenvalue weighted by molar-refractivity contribution is -0.143. The van der Waals surface area contributed by atoms with Crippen LogP contribution in [0, 0.1) is 5.92 Å². The van der Waals surface area contributed by atoms with Crippen molar-refractivity contribution in [3.8, 4) is 0 Å². The molecule has 5 atom stereocenters. The van der Waals surface area contributed by atoms with E-state index in [1.54, 1.807) is 44.2 Å². The average molecular weight is 495 g/mol. The van der Waals surface area contributed by atoms with Crippen LogP contribution in [0.2, 0.25) is 0 Å². The zero-order valence-corrected chi connectivity index (χ0v) is 19.9. The highest BCUT2D eigenvalue weighted by atomic mass is 16.4. The van der Waals surface area contributed by atoms with Crippen molar-refractivity contribution in [2.75, 3.05) is 0 Å². The van der Waals surface area contributed by atoms with E-state index in [2.05, 4.69) is 16.0 Å². The number of aliphatic hydroxyl groups excluding tert-OH is 1. The van der Waals surface area contributed by atoms with Crippen molar-refractivity contribution in [3.05, 3.63) is 35.9 Å². The maximum atomic E-state index is 12.9. The SMILES string of the molecule is CC(C)[C@H](NC(=O)[C@@H](N)[C@@H](C)O)C(=O)N[C@@H](CCC(=O)O)C(=O)N[C@@H](Cc1ccccc1)C(=O)O. The zero-order valence-electron chi connectivity index (χ0n) is 19.9.